The quantitative estimate of drug-likeness (QED) is 0.215. The van der Waals surface area contributed by atoms with Gasteiger partial charge in [0.05, 0.1) is 35.1 Å². The third-order valence-corrected chi connectivity index (χ3v) is 13.3. The first-order valence-electron chi connectivity index (χ1n) is 20.7. The van der Waals surface area contributed by atoms with Crippen molar-refractivity contribution in [3.63, 3.8) is 0 Å². The molecule has 4 fully saturated rings. The summed E-state index contributed by atoms with van der Waals surface area (Å²) in [6, 6.07) is 17.7. The van der Waals surface area contributed by atoms with E-state index in [1.807, 2.05) is 44.7 Å². The van der Waals surface area contributed by atoms with Crippen LogP contribution in [0.4, 0.5) is 11.4 Å². The van der Waals surface area contributed by atoms with Crippen LogP contribution in [0.15, 0.2) is 73.2 Å². The second-order valence-corrected chi connectivity index (χ2v) is 16.6. The molecule has 2 N–H and O–H groups in total. The fraction of sp³-hybridized carbons (Fsp3) is 0.500. The van der Waals surface area contributed by atoms with Crippen molar-refractivity contribution in [3.05, 3.63) is 84.3 Å². The smallest absolute Gasteiger partial charge is 0.234 e. The van der Waals surface area contributed by atoms with Gasteiger partial charge in [0.15, 0.2) is 0 Å². The first-order valence-corrected chi connectivity index (χ1v) is 20.7. The molecule has 6 heterocycles. The Hall–Kier alpha value is -5.30. The predicted octanol–water partition coefficient (Wildman–Crippen LogP) is 4.87. The van der Waals surface area contributed by atoms with Crippen molar-refractivity contribution < 1.29 is 19.5 Å². The number of piperidine rings is 4. The van der Waals surface area contributed by atoms with Crippen molar-refractivity contribution in [3.8, 4) is 17.0 Å². The van der Waals surface area contributed by atoms with E-state index < -0.39 is 5.41 Å². The summed E-state index contributed by atoms with van der Waals surface area (Å²) in [5, 5.41) is 25.9. The number of anilines is 2. The molecule has 4 saturated heterocycles. The number of phenols is 1. The Balaban J connectivity index is 0.818. The lowest BCUT2D eigenvalue weighted by atomic mass is 9.72. The molecule has 13 heteroatoms. The minimum absolute atomic E-state index is 0.171. The number of hydrogen-bond donors (Lipinski definition) is 2. The second-order valence-electron chi connectivity index (χ2n) is 16.6. The molecular weight excluding hydrogens is 719 g/mol. The number of rotatable bonds is 10. The van der Waals surface area contributed by atoms with Crippen LogP contribution >= 0.6 is 0 Å². The van der Waals surface area contributed by atoms with Crippen LogP contribution in [0.5, 0.6) is 5.75 Å². The minimum Gasteiger partial charge on any atom is -0.507 e. The number of benzene rings is 2. The molecular formula is C44H55N9O4. The van der Waals surface area contributed by atoms with Crippen molar-refractivity contribution in [1.29, 1.82) is 0 Å². The van der Waals surface area contributed by atoms with Crippen LogP contribution in [-0.2, 0) is 26.8 Å². The Kier molecular flexibility index (Phi) is 11.3. The molecule has 4 aliphatic rings. The maximum atomic E-state index is 14.7. The molecule has 8 rings (SSSR count). The number of likely N-dealkylation sites (N-methyl/N-ethyl adjacent to an activating group) is 1. The van der Waals surface area contributed by atoms with E-state index in [1.54, 1.807) is 23.0 Å². The Bertz CT molecular complexity index is 2040. The standard InChI is InChI=1S/C44H55N9O4/c1-49-30-33(28-46-49)44(18-25-53(26-19-44)36-27-39(48-45-29-36)38-5-3-4-6-40(38)54)43(57)50(2)34-16-21-51(22-17-34)20-13-31-14-23-52(24-15-31)35-9-7-32(8-10-35)37-11-12-41(55)47-42(37)56/h3-10,27-31,34,37,54H,11-26H2,1-2H3,(H,47,55,56)/t37-/m1/s1. The summed E-state index contributed by atoms with van der Waals surface area (Å²) in [5.74, 6) is 0.454. The number of carbonyl (C=O) groups excluding carboxylic acids is 3. The highest BCUT2D eigenvalue weighted by Crippen LogP contribution is 2.40. The summed E-state index contributed by atoms with van der Waals surface area (Å²) in [6.45, 7) is 6.55. The number of para-hydroxylation sites is 1. The SMILES string of the molecule is CN(C(=O)C1(c2cnn(C)c2)CCN(c2cnnc(-c3ccccc3O)c2)CC1)C1CCN(CCC2CCN(c3ccc([C@H]4CCC(=O)NC4=O)cc3)CC2)CC1. The Morgan fingerprint density at radius 1 is 0.895 bits per heavy atom. The highest BCUT2D eigenvalue weighted by Gasteiger charge is 2.47. The summed E-state index contributed by atoms with van der Waals surface area (Å²) >= 11 is 0. The van der Waals surface area contributed by atoms with Gasteiger partial charge in [-0.25, -0.2) is 0 Å². The number of nitrogens with zero attached hydrogens (tertiary/aromatic N) is 8. The van der Waals surface area contributed by atoms with E-state index in [9.17, 15) is 19.5 Å². The third-order valence-electron chi connectivity index (χ3n) is 13.3. The lowest BCUT2D eigenvalue weighted by Gasteiger charge is -2.45. The molecule has 3 amide bonds. The van der Waals surface area contributed by atoms with E-state index in [1.165, 1.54) is 24.9 Å². The van der Waals surface area contributed by atoms with Crippen LogP contribution in [-0.4, -0.2) is 112 Å². The number of nitrogens with one attached hydrogen (secondary N) is 1. The number of likely N-dealkylation sites (tertiary alicyclic amines) is 1. The van der Waals surface area contributed by atoms with Crippen molar-refractivity contribution in [2.24, 2.45) is 13.0 Å². The zero-order valence-electron chi connectivity index (χ0n) is 33.2. The first kappa shape index (κ1) is 38.6. The van der Waals surface area contributed by atoms with Gasteiger partial charge in [-0.15, -0.1) is 0 Å². The molecule has 0 saturated carbocycles. The van der Waals surface area contributed by atoms with Gasteiger partial charge < -0.3 is 24.7 Å². The molecule has 4 aliphatic heterocycles. The number of hydrogen-bond acceptors (Lipinski definition) is 10. The Labute approximate surface area is 335 Å². The summed E-state index contributed by atoms with van der Waals surface area (Å²) in [4.78, 5) is 47.9. The summed E-state index contributed by atoms with van der Waals surface area (Å²) in [6.07, 6.45) is 13.4. The minimum atomic E-state index is -0.651. The zero-order valence-corrected chi connectivity index (χ0v) is 33.2. The van der Waals surface area contributed by atoms with Crippen molar-refractivity contribution in [1.82, 2.24) is 35.1 Å². The van der Waals surface area contributed by atoms with Crippen molar-refractivity contribution in [2.45, 2.75) is 75.2 Å². The molecule has 57 heavy (non-hydrogen) atoms. The van der Waals surface area contributed by atoms with Gasteiger partial charge in [-0.3, -0.25) is 24.4 Å². The molecule has 1 atom stereocenters. The van der Waals surface area contributed by atoms with Crippen molar-refractivity contribution >= 4 is 29.1 Å². The van der Waals surface area contributed by atoms with Crippen LogP contribution < -0.4 is 15.1 Å². The van der Waals surface area contributed by atoms with E-state index in [4.69, 9.17) is 0 Å². The highest BCUT2D eigenvalue weighted by molar-refractivity contribution is 6.01. The number of phenolic OH excluding ortho intramolecular Hbond substituents is 1. The van der Waals surface area contributed by atoms with E-state index >= 15 is 0 Å². The van der Waals surface area contributed by atoms with Crippen LogP contribution in [0, 0.1) is 5.92 Å². The predicted molar refractivity (Wildman–Crippen MR) is 219 cm³/mol. The molecule has 0 aliphatic carbocycles. The van der Waals surface area contributed by atoms with Gasteiger partial charge in [0.2, 0.25) is 17.7 Å². The molecule has 0 radical (unpaired) electrons. The van der Waals surface area contributed by atoms with Gasteiger partial charge in [0.1, 0.15) is 5.75 Å². The van der Waals surface area contributed by atoms with Crippen LogP contribution in [0.25, 0.3) is 11.3 Å². The van der Waals surface area contributed by atoms with Gasteiger partial charge in [0.25, 0.3) is 0 Å². The maximum Gasteiger partial charge on any atom is 0.234 e. The van der Waals surface area contributed by atoms with Crippen LogP contribution in [0.1, 0.15) is 74.8 Å². The van der Waals surface area contributed by atoms with Crippen LogP contribution in [0.3, 0.4) is 0 Å². The number of carbonyl (C=O) groups is 3. The number of amides is 3. The van der Waals surface area contributed by atoms with E-state index in [2.05, 4.69) is 64.5 Å². The maximum absolute atomic E-state index is 14.7. The average molecular weight is 774 g/mol. The van der Waals surface area contributed by atoms with E-state index in [-0.39, 0.29) is 35.4 Å². The second kappa shape index (κ2) is 16.7. The van der Waals surface area contributed by atoms with E-state index in [0.29, 0.717) is 55.9 Å². The first-order chi connectivity index (χ1) is 27.7. The van der Waals surface area contributed by atoms with Crippen molar-refractivity contribution in [2.75, 3.05) is 62.7 Å². The highest BCUT2D eigenvalue weighted by atomic mass is 16.3. The van der Waals surface area contributed by atoms with Gasteiger partial charge in [-0.05, 0) is 99.7 Å². The number of aromatic nitrogens is 4. The van der Waals surface area contributed by atoms with Gasteiger partial charge in [-0.1, -0.05) is 24.3 Å². The third kappa shape index (κ3) is 8.25. The number of aryl methyl sites for hydroxylation is 1. The summed E-state index contributed by atoms with van der Waals surface area (Å²) in [7, 11) is 3.92. The lowest BCUT2D eigenvalue weighted by molar-refractivity contribution is -0.140. The molecule has 4 aromatic rings. The van der Waals surface area contributed by atoms with Gasteiger partial charge in [0, 0.05) is 88.8 Å². The normalized spacial score (nSPS) is 21.1. The summed E-state index contributed by atoms with van der Waals surface area (Å²) in [5.41, 5.74) is 4.71. The van der Waals surface area contributed by atoms with E-state index in [0.717, 1.165) is 62.4 Å². The number of aromatic hydroxyl groups is 1. The molecule has 2 aromatic heterocycles. The Morgan fingerprint density at radius 3 is 2.30 bits per heavy atom. The molecule has 0 unspecified atom stereocenters. The molecule has 0 spiro atoms. The molecule has 13 nitrogen and oxygen atoms in total. The molecule has 2 aromatic carbocycles. The Morgan fingerprint density at radius 2 is 1.61 bits per heavy atom. The number of imide groups is 1. The fourth-order valence-electron chi connectivity index (χ4n) is 9.60. The van der Waals surface area contributed by atoms with Gasteiger partial charge in [-0.2, -0.15) is 15.3 Å². The average Bonchev–Trinajstić information content (AvgIpc) is 3.70. The van der Waals surface area contributed by atoms with Crippen LogP contribution in [0.2, 0.25) is 0 Å². The lowest BCUT2D eigenvalue weighted by Crippen LogP contribution is -2.55. The summed E-state index contributed by atoms with van der Waals surface area (Å²) < 4.78 is 1.80. The monoisotopic (exact) mass is 773 g/mol. The molecule has 300 valence electrons. The topological polar surface area (TPSA) is 140 Å². The molecule has 0 bridgehead atoms. The largest absolute Gasteiger partial charge is 0.507 e. The fourth-order valence-corrected chi connectivity index (χ4v) is 9.60. The van der Waals surface area contributed by atoms with Gasteiger partial charge >= 0.3 is 0 Å². The zero-order chi connectivity index (χ0) is 39.5.